The van der Waals surface area contributed by atoms with Crippen molar-refractivity contribution in [2.75, 3.05) is 36.1 Å². The lowest BCUT2D eigenvalue weighted by Crippen LogP contribution is -2.36. The number of benzene rings is 2. The maximum absolute atomic E-state index is 14.9. The van der Waals surface area contributed by atoms with E-state index in [1.807, 2.05) is 6.07 Å². The van der Waals surface area contributed by atoms with Crippen LogP contribution in [-0.2, 0) is 4.79 Å². The number of carbonyl (C=O) groups excluding carboxylic acids is 1. The van der Waals surface area contributed by atoms with Crippen LogP contribution in [0.1, 0.15) is 12.8 Å². The van der Waals surface area contributed by atoms with E-state index in [0.717, 1.165) is 32.0 Å². The van der Waals surface area contributed by atoms with Crippen LogP contribution < -0.4 is 21.5 Å². The maximum atomic E-state index is 14.9. The average Bonchev–Trinajstić information content (AvgIpc) is 2.91. The Morgan fingerprint density at radius 2 is 1.97 bits per heavy atom. The normalized spacial score (nSPS) is 14.3. The Kier molecular flexibility index (Phi) is 7.09. The first-order chi connectivity index (χ1) is 18.4. The number of rotatable bonds is 7. The van der Waals surface area contributed by atoms with Crippen molar-refractivity contribution in [1.29, 1.82) is 0 Å². The van der Waals surface area contributed by atoms with Crippen molar-refractivity contribution in [2.45, 2.75) is 18.9 Å². The standard InChI is InChI=1S/C27H27FN8O2/c1-3-23(37)31-18-6-4-5-16(13-18)24-33-25-20(26(38)34-24)15-29-27(35-25)32-22-8-7-19(14-21(22)28)30-17-9-11-36(2)12-10-17/h3-8,13-15,17,30H,1,9-12H2,2H3,(H,31,37)(H2,29,32,33,34,35,38). The molecule has 0 spiro atoms. The summed E-state index contributed by atoms with van der Waals surface area (Å²) in [5, 5.41) is 9.13. The number of nitrogens with one attached hydrogen (secondary N) is 4. The van der Waals surface area contributed by atoms with Crippen molar-refractivity contribution in [1.82, 2.24) is 24.8 Å². The first-order valence-electron chi connectivity index (χ1n) is 12.2. The average molecular weight is 515 g/mol. The van der Waals surface area contributed by atoms with Crippen LogP contribution in [0.2, 0.25) is 0 Å². The summed E-state index contributed by atoms with van der Waals surface area (Å²) in [6.45, 7) is 5.45. The van der Waals surface area contributed by atoms with E-state index in [4.69, 9.17) is 0 Å². The van der Waals surface area contributed by atoms with E-state index >= 15 is 0 Å². The van der Waals surface area contributed by atoms with E-state index in [2.05, 4.69) is 54.4 Å². The SMILES string of the molecule is C=CC(=O)Nc1cccc(-c2nc3nc(Nc4ccc(NC5CCN(C)CC5)cc4F)ncc3c(=O)[nH]2)c1. The minimum absolute atomic E-state index is 0.100. The summed E-state index contributed by atoms with van der Waals surface area (Å²) >= 11 is 0. The zero-order valence-corrected chi connectivity index (χ0v) is 20.8. The number of hydrogen-bond acceptors (Lipinski definition) is 8. The zero-order valence-electron chi connectivity index (χ0n) is 20.8. The molecule has 10 nitrogen and oxygen atoms in total. The smallest absolute Gasteiger partial charge is 0.262 e. The van der Waals surface area contributed by atoms with E-state index in [1.54, 1.807) is 30.3 Å². The summed E-state index contributed by atoms with van der Waals surface area (Å²) in [6.07, 6.45) is 4.52. The predicted octanol–water partition coefficient (Wildman–Crippen LogP) is 3.89. The molecule has 1 aliphatic heterocycles. The second-order valence-corrected chi connectivity index (χ2v) is 9.16. The summed E-state index contributed by atoms with van der Waals surface area (Å²) < 4.78 is 14.9. The number of aromatic nitrogens is 4. The monoisotopic (exact) mass is 514 g/mol. The van der Waals surface area contributed by atoms with Crippen LogP contribution >= 0.6 is 0 Å². The predicted molar refractivity (Wildman–Crippen MR) is 146 cm³/mol. The molecule has 2 aromatic heterocycles. The number of piperidine rings is 1. The van der Waals surface area contributed by atoms with Gasteiger partial charge in [-0.05, 0) is 69.4 Å². The van der Waals surface area contributed by atoms with Gasteiger partial charge in [-0.2, -0.15) is 4.98 Å². The van der Waals surface area contributed by atoms with E-state index in [-0.39, 0.29) is 34.4 Å². The lowest BCUT2D eigenvalue weighted by Gasteiger charge is -2.30. The number of likely N-dealkylation sites (tertiary alicyclic amines) is 1. The number of nitrogens with zero attached hydrogens (tertiary/aromatic N) is 4. The van der Waals surface area contributed by atoms with Crippen LogP contribution in [0, 0.1) is 5.82 Å². The Morgan fingerprint density at radius 1 is 1.16 bits per heavy atom. The second kappa shape index (κ2) is 10.8. The number of anilines is 4. The van der Waals surface area contributed by atoms with Crippen LogP contribution in [0.4, 0.5) is 27.4 Å². The third-order valence-electron chi connectivity index (χ3n) is 6.36. The third-order valence-corrected chi connectivity index (χ3v) is 6.36. The fourth-order valence-corrected chi connectivity index (χ4v) is 4.28. The Balaban J connectivity index is 1.36. The molecule has 0 atom stereocenters. The number of hydrogen-bond donors (Lipinski definition) is 4. The van der Waals surface area contributed by atoms with Crippen molar-refractivity contribution in [3.8, 4) is 11.4 Å². The number of aromatic amines is 1. The topological polar surface area (TPSA) is 128 Å². The van der Waals surface area contributed by atoms with Crippen molar-refractivity contribution in [3.05, 3.63) is 77.5 Å². The van der Waals surface area contributed by atoms with Crippen LogP contribution in [0.15, 0.2) is 66.1 Å². The molecular weight excluding hydrogens is 487 g/mol. The molecule has 4 aromatic rings. The summed E-state index contributed by atoms with van der Waals surface area (Å²) in [7, 11) is 2.10. The van der Waals surface area contributed by atoms with Gasteiger partial charge < -0.3 is 25.8 Å². The molecule has 3 heterocycles. The highest BCUT2D eigenvalue weighted by molar-refractivity contribution is 5.99. The summed E-state index contributed by atoms with van der Waals surface area (Å²) in [6, 6.07) is 12.0. The fourth-order valence-electron chi connectivity index (χ4n) is 4.28. The third kappa shape index (κ3) is 5.68. The molecule has 5 rings (SSSR count). The lowest BCUT2D eigenvalue weighted by molar-refractivity contribution is -0.111. The van der Waals surface area contributed by atoms with Crippen LogP contribution in [0.25, 0.3) is 22.4 Å². The number of H-pyrrole nitrogens is 1. The van der Waals surface area contributed by atoms with Gasteiger partial charge in [0.1, 0.15) is 17.0 Å². The largest absolute Gasteiger partial charge is 0.382 e. The Hall–Kier alpha value is -4.64. The van der Waals surface area contributed by atoms with E-state index < -0.39 is 11.4 Å². The Bertz CT molecular complexity index is 1560. The number of halogens is 1. The minimum Gasteiger partial charge on any atom is -0.382 e. The summed E-state index contributed by atoms with van der Waals surface area (Å²) in [5.41, 5.74) is 1.72. The number of carbonyl (C=O) groups is 1. The highest BCUT2D eigenvalue weighted by atomic mass is 19.1. The van der Waals surface area contributed by atoms with Crippen molar-refractivity contribution < 1.29 is 9.18 Å². The molecule has 0 saturated carbocycles. The quantitative estimate of drug-likeness (QED) is 0.274. The molecule has 2 aromatic carbocycles. The summed E-state index contributed by atoms with van der Waals surface area (Å²) in [4.78, 5) is 42.3. The van der Waals surface area contributed by atoms with Gasteiger partial charge in [0.05, 0.1) is 5.69 Å². The Labute approximate surface area is 218 Å². The molecule has 0 unspecified atom stereocenters. The minimum atomic E-state index is -0.454. The van der Waals surface area contributed by atoms with Gasteiger partial charge in [-0.25, -0.2) is 14.4 Å². The van der Waals surface area contributed by atoms with Gasteiger partial charge in [-0.15, -0.1) is 0 Å². The molecule has 0 radical (unpaired) electrons. The molecular formula is C27H27FN8O2. The van der Waals surface area contributed by atoms with Crippen molar-refractivity contribution >= 4 is 40.0 Å². The summed E-state index contributed by atoms with van der Waals surface area (Å²) in [5.74, 6) is -0.450. The number of fused-ring (bicyclic) bond motifs is 1. The van der Waals surface area contributed by atoms with Crippen molar-refractivity contribution in [3.63, 3.8) is 0 Å². The van der Waals surface area contributed by atoms with Gasteiger partial charge in [-0.3, -0.25) is 9.59 Å². The van der Waals surface area contributed by atoms with Gasteiger partial charge in [-0.1, -0.05) is 18.7 Å². The lowest BCUT2D eigenvalue weighted by atomic mass is 10.1. The van der Waals surface area contributed by atoms with Crippen LogP contribution in [0.5, 0.6) is 0 Å². The molecule has 1 amide bonds. The van der Waals surface area contributed by atoms with E-state index in [9.17, 15) is 14.0 Å². The first-order valence-corrected chi connectivity index (χ1v) is 12.2. The van der Waals surface area contributed by atoms with Crippen molar-refractivity contribution in [2.24, 2.45) is 0 Å². The highest BCUT2D eigenvalue weighted by Crippen LogP contribution is 2.24. The maximum Gasteiger partial charge on any atom is 0.262 e. The molecule has 1 fully saturated rings. The van der Waals surface area contributed by atoms with Gasteiger partial charge in [0, 0.05) is 29.2 Å². The molecule has 11 heteroatoms. The Morgan fingerprint density at radius 3 is 2.74 bits per heavy atom. The van der Waals surface area contributed by atoms with E-state index in [1.165, 1.54) is 12.3 Å². The molecule has 194 valence electrons. The van der Waals surface area contributed by atoms with Gasteiger partial charge in [0.25, 0.3) is 5.56 Å². The molecule has 4 N–H and O–H groups in total. The molecule has 1 saturated heterocycles. The fraction of sp³-hybridized carbons (Fsp3) is 0.222. The first kappa shape index (κ1) is 25.0. The van der Waals surface area contributed by atoms with Crippen LogP contribution in [0.3, 0.4) is 0 Å². The van der Waals surface area contributed by atoms with E-state index in [0.29, 0.717) is 23.0 Å². The molecule has 1 aliphatic rings. The van der Waals surface area contributed by atoms with Gasteiger partial charge >= 0.3 is 0 Å². The number of amides is 1. The molecule has 0 bridgehead atoms. The van der Waals surface area contributed by atoms with Crippen LogP contribution in [-0.4, -0.2) is 56.9 Å². The molecule has 0 aliphatic carbocycles. The zero-order chi connectivity index (χ0) is 26.6. The van der Waals surface area contributed by atoms with Gasteiger partial charge in [0.15, 0.2) is 5.65 Å². The highest BCUT2D eigenvalue weighted by Gasteiger charge is 2.17. The van der Waals surface area contributed by atoms with Gasteiger partial charge in [0.2, 0.25) is 11.9 Å². The second-order valence-electron chi connectivity index (χ2n) is 9.16. The molecule has 38 heavy (non-hydrogen) atoms.